The van der Waals surface area contributed by atoms with Crippen molar-refractivity contribution >= 4 is 23.4 Å². The summed E-state index contributed by atoms with van der Waals surface area (Å²) in [5, 5.41) is 8.35. The molecule has 1 aliphatic rings. The van der Waals surface area contributed by atoms with Crippen molar-refractivity contribution in [3.63, 3.8) is 0 Å². The minimum atomic E-state index is -0.503. The van der Waals surface area contributed by atoms with Gasteiger partial charge < -0.3 is 21.2 Å². The smallest absolute Gasteiger partial charge is 0.330 e. The molecule has 0 aliphatic carbocycles. The Hall–Kier alpha value is -2.09. The van der Waals surface area contributed by atoms with Crippen LogP contribution >= 0.6 is 0 Å². The van der Waals surface area contributed by atoms with Gasteiger partial charge in [0.25, 0.3) is 0 Å². The zero-order valence-corrected chi connectivity index (χ0v) is 17.4. The zero-order valence-electron chi connectivity index (χ0n) is 17.4. The quantitative estimate of drug-likeness (QED) is 0.694. The van der Waals surface area contributed by atoms with Crippen molar-refractivity contribution in [2.75, 3.05) is 29.5 Å². The van der Waals surface area contributed by atoms with Gasteiger partial charge in [-0.05, 0) is 60.8 Å². The lowest BCUT2D eigenvalue weighted by atomic mass is 9.98. The Labute approximate surface area is 162 Å². The molecule has 1 saturated heterocycles. The van der Waals surface area contributed by atoms with Crippen molar-refractivity contribution in [2.24, 2.45) is 5.41 Å². The van der Waals surface area contributed by atoms with Crippen LogP contribution < -0.4 is 16.4 Å². The Kier molecular flexibility index (Phi) is 6.51. The molecule has 1 aromatic heterocycles. The van der Waals surface area contributed by atoms with E-state index in [0.717, 1.165) is 25.8 Å². The first-order valence-corrected chi connectivity index (χ1v) is 9.59. The molecule has 2 heterocycles. The number of carbonyl (C=O) groups excluding carboxylic acids is 1. The summed E-state index contributed by atoms with van der Waals surface area (Å²) < 4.78 is 0. The monoisotopic (exact) mass is 378 g/mol. The average Bonchev–Trinajstić information content (AvgIpc) is 2.95. The van der Waals surface area contributed by atoms with Gasteiger partial charge in [0.15, 0.2) is 5.82 Å². The number of hydroxylamine groups is 2. The number of carbonyl (C=O) groups is 1. The van der Waals surface area contributed by atoms with Gasteiger partial charge in [-0.2, -0.15) is 4.98 Å². The van der Waals surface area contributed by atoms with E-state index in [1.54, 1.807) is 6.20 Å². The van der Waals surface area contributed by atoms with Crippen molar-refractivity contribution in [3.8, 4) is 0 Å². The Morgan fingerprint density at radius 2 is 2.04 bits per heavy atom. The lowest BCUT2D eigenvalue weighted by Gasteiger charge is -2.27. The van der Waals surface area contributed by atoms with Gasteiger partial charge in [0.2, 0.25) is 5.95 Å². The summed E-state index contributed by atoms with van der Waals surface area (Å²) in [7, 11) is 0. The van der Waals surface area contributed by atoms with Crippen LogP contribution in [0.25, 0.3) is 0 Å². The molecule has 8 heteroatoms. The van der Waals surface area contributed by atoms with Crippen LogP contribution in [0.5, 0.6) is 0 Å². The lowest BCUT2D eigenvalue weighted by molar-refractivity contribution is -0.204. The molecule has 0 aromatic carbocycles. The molecule has 1 fully saturated rings. The highest BCUT2D eigenvalue weighted by molar-refractivity contribution is 5.75. The standard InChI is InChI=1S/C19H34N6O2/c1-18(2,3)16(26)27-25-11-7-8-13(25)9-10-21-15-14(20)12-22-17(23-15)24-19(4,5)6/h12-13H,7-11,20H2,1-6H3,(H2,21,22,23,24). The van der Waals surface area contributed by atoms with Gasteiger partial charge in [-0.15, -0.1) is 5.06 Å². The van der Waals surface area contributed by atoms with E-state index in [-0.39, 0.29) is 17.6 Å². The summed E-state index contributed by atoms with van der Waals surface area (Å²) in [4.78, 5) is 26.4. The second kappa shape index (κ2) is 8.29. The van der Waals surface area contributed by atoms with E-state index in [1.165, 1.54) is 0 Å². The molecule has 1 unspecified atom stereocenters. The molecule has 4 N–H and O–H groups in total. The summed E-state index contributed by atoms with van der Waals surface area (Å²) in [5.74, 6) is 0.967. The van der Waals surface area contributed by atoms with Crippen molar-refractivity contribution < 1.29 is 9.63 Å². The summed E-state index contributed by atoms with van der Waals surface area (Å²) in [5.41, 5.74) is 5.87. The number of hydrogen-bond donors (Lipinski definition) is 3. The molecule has 0 spiro atoms. The van der Waals surface area contributed by atoms with E-state index < -0.39 is 5.41 Å². The van der Waals surface area contributed by atoms with E-state index >= 15 is 0 Å². The molecular formula is C19H34N6O2. The van der Waals surface area contributed by atoms with Gasteiger partial charge >= 0.3 is 5.97 Å². The van der Waals surface area contributed by atoms with Crippen LogP contribution in [0.3, 0.4) is 0 Å². The van der Waals surface area contributed by atoms with E-state index in [4.69, 9.17) is 10.6 Å². The Balaban J connectivity index is 1.90. The maximum absolute atomic E-state index is 12.1. The average molecular weight is 379 g/mol. The molecule has 0 amide bonds. The van der Waals surface area contributed by atoms with Crippen molar-refractivity contribution in [1.29, 1.82) is 0 Å². The molecule has 1 aliphatic heterocycles. The number of nitrogens with one attached hydrogen (secondary N) is 2. The van der Waals surface area contributed by atoms with Crippen LogP contribution in [0.15, 0.2) is 6.20 Å². The molecule has 0 saturated carbocycles. The highest BCUT2D eigenvalue weighted by Crippen LogP contribution is 2.25. The summed E-state index contributed by atoms with van der Waals surface area (Å²) in [6, 6.07) is 0.207. The number of aromatic nitrogens is 2. The van der Waals surface area contributed by atoms with Gasteiger partial charge in [-0.25, -0.2) is 9.78 Å². The predicted molar refractivity (Wildman–Crippen MR) is 108 cm³/mol. The maximum atomic E-state index is 12.1. The first-order chi connectivity index (χ1) is 12.5. The molecule has 8 nitrogen and oxygen atoms in total. The lowest BCUT2D eigenvalue weighted by Crippen LogP contribution is -2.37. The highest BCUT2D eigenvalue weighted by atomic mass is 16.7. The fraction of sp³-hybridized carbons (Fsp3) is 0.737. The highest BCUT2D eigenvalue weighted by Gasteiger charge is 2.32. The van der Waals surface area contributed by atoms with Crippen molar-refractivity contribution in [1.82, 2.24) is 15.0 Å². The molecule has 1 atom stereocenters. The number of hydrogen-bond acceptors (Lipinski definition) is 8. The van der Waals surface area contributed by atoms with Gasteiger partial charge in [-0.3, -0.25) is 0 Å². The normalized spacial score (nSPS) is 18.4. The van der Waals surface area contributed by atoms with Gasteiger partial charge in [0, 0.05) is 24.7 Å². The van der Waals surface area contributed by atoms with E-state index in [1.807, 2.05) is 46.6 Å². The summed E-state index contributed by atoms with van der Waals surface area (Å²) in [6.45, 7) is 13.2. The fourth-order valence-electron chi connectivity index (χ4n) is 2.75. The fourth-order valence-corrected chi connectivity index (χ4v) is 2.75. The second-order valence-corrected chi connectivity index (χ2v) is 9.15. The Morgan fingerprint density at radius 3 is 2.67 bits per heavy atom. The summed E-state index contributed by atoms with van der Waals surface area (Å²) in [6.07, 6.45) is 4.48. The molecule has 27 heavy (non-hydrogen) atoms. The van der Waals surface area contributed by atoms with Crippen LogP contribution in [0, 0.1) is 5.41 Å². The minimum Gasteiger partial charge on any atom is -0.394 e. The molecule has 1 aromatic rings. The molecule has 2 rings (SSSR count). The molecular weight excluding hydrogens is 344 g/mol. The van der Waals surface area contributed by atoms with Crippen LogP contribution in [0.2, 0.25) is 0 Å². The number of nitrogens with two attached hydrogens (primary N) is 1. The third-order valence-electron chi connectivity index (χ3n) is 4.21. The summed E-state index contributed by atoms with van der Waals surface area (Å²) >= 11 is 0. The van der Waals surface area contributed by atoms with E-state index in [2.05, 4.69) is 20.6 Å². The van der Waals surface area contributed by atoms with Crippen LogP contribution in [-0.2, 0) is 9.63 Å². The number of nitrogens with zero attached hydrogens (tertiary/aromatic N) is 3. The minimum absolute atomic E-state index is 0.130. The first-order valence-electron chi connectivity index (χ1n) is 9.59. The molecule has 0 bridgehead atoms. The zero-order chi connectivity index (χ0) is 20.2. The maximum Gasteiger partial charge on any atom is 0.330 e. The van der Waals surface area contributed by atoms with Crippen molar-refractivity contribution in [3.05, 3.63) is 6.20 Å². The topological polar surface area (TPSA) is 105 Å². The largest absolute Gasteiger partial charge is 0.394 e. The van der Waals surface area contributed by atoms with Crippen LogP contribution in [0.4, 0.5) is 17.5 Å². The van der Waals surface area contributed by atoms with Crippen molar-refractivity contribution in [2.45, 2.75) is 72.4 Å². The number of rotatable bonds is 6. The third-order valence-corrected chi connectivity index (χ3v) is 4.21. The second-order valence-electron chi connectivity index (χ2n) is 9.15. The van der Waals surface area contributed by atoms with E-state index in [0.29, 0.717) is 24.0 Å². The van der Waals surface area contributed by atoms with Crippen LogP contribution in [-0.4, -0.2) is 45.7 Å². The predicted octanol–water partition coefficient (Wildman–Crippen LogP) is 3.04. The van der Waals surface area contributed by atoms with E-state index in [9.17, 15) is 4.79 Å². The molecule has 0 radical (unpaired) electrons. The van der Waals surface area contributed by atoms with Gasteiger partial charge in [0.1, 0.15) is 0 Å². The first kappa shape index (κ1) is 21.2. The molecule has 152 valence electrons. The number of anilines is 3. The number of nitrogen functional groups attached to an aromatic ring is 1. The Bertz CT molecular complexity index is 651. The SMILES string of the molecule is CC(C)(C)Nc1ncc(N)c(NCCC2CCCN2OC(=O)C(C)(C)C)n1. The van der Waals surface area contributed by atoms with Crippen LogP contribution in [0.1, 0.15) is 60.8 Å². The Morgan fingerprint density at radius 1 is 1.33 bits per heavy atom. The van der Waals surface area contributed by atoms with Gasteiger partial charge in [0.05, 0.1) is 17.3 Å². The van der Waals surface area contributed by atoms with Gasteiger partial charge in [-0.1, -0.05) is 0 Å². The third kappa shape index (κ3) is 6.53.